The molecule has 2 N–H and O–H groups in total. The van der Waals surface area contributed by atoms with Crippen molar-refractivity contribution in [2.24, 2.45) is 0 Å². The van der Waals surface area contributed by atoms with Gasteiger partial charge in [-0.25, -0.2) is 0 Å². The summed E-state index contributed by atoms with van der Waals surface area (Å²) in [5.41, 5.74) is -0.685. The van der Waals surface area contributed by atoms with Crippen LogP contribution in [-0.2, 0) is 4.74 Å². The van der Waals surface area contributed by atoms with Gasteiger partial charge < -0.3 is 14.9 Å². The predicted octanol–water partition coefficient (Wildman–Crippen LogP) is 0.114. The van der Waals surface area contributed by atoms with Gasteiger partial charge in [0.25, 0.3) is 0 Å². The van der Waals surface area contributed by atoms with E-state index in [4.69, 9.17) is 10.2 Å². The highest BCUT2D eigenvalue weighted by atomic mass is 16.6. The van der Waals surface area contributed by atoms with Crippen LogP contribution in [-0.4, -0.2) is 29.2 Å². The lowest BCUT2D eigenvalue weighted by molar-refractivity contribution is -0.0302. The quantitative estimate of drug-likeness (QED) is 0.424. The highest BCUT2D eigenvalue weighted by Crippen LogP contribution is 2.05. The van der Waals surface area contributed by atoms with Crippen LogP contribution >= 0.6 is 0 Å². The van der Waals surface area contributed by atoms with Crippen LogP contribution in [0.5, 0.6) is 0 Å². The molecule has 0 bridgehead atoms. The monoisotopic (exact) mass is 134 g/mol. The van der Waals surface area contributed by atoms with Gasteiger partial charge in [0.2, 0.25) is 0 Å². The van der Waals surface area contributed by atoms with Crippen LogP contribution < -0.4 is 0 Å². The molecule has 0 spiro atoms. The van der Waals surface area contributed by atoms with Gasteiger partial charge in [-0.15, -0.1) is 0 Å². The number of aliphatic hydroxyl groups excluding tert-OH is 1. The molecule has 0 aromatic heterocycles. The second kappa shape index (κ2) is 3.82. The molecule has 0 atom stereocenters. The molecule has 0 unspecified atom stereocenters. The van der Waals surface area contributed by atoms with E-state index in [1.165, 1.54) is 0 Å². The summed E-state index contributed by atoms with van der Waals surface area (Å²) in [5, 5.41) is 17.2. The number of aliphatic hydroxyl groups is 2. The molecule has 0 heterocycles. The Balaban J connectivity index is 3.07. The van der Waals surface area contributed by atoms with E-state index in [0.717, 1.165) is 0 Å². The standard InChI is InChI=1S/C6H14O3/c1-6(2,8)3-4-9-5-7/h7-8H,3-5H2,1-2H3. The minimum Gasteiger partial charge on any atom is -0.390 e. The zero-order valence-electron chi connectivity index (χ0n) is 5.92. The molecular weight excluding hydrogens is 120 g/mol. The smallest absolute Gasteiger partial charge is 0.143 e. The summed E-state index contributed by atoms with van der Waals surface area (Å²) in [4.78, 5) is 0. The van der Waals surface area contributed by atoms with Crippen molar-refractivity contribution in [2.75, 3.05) is 13.4 Å². The number of ether oxygens (including phenoxy) is 1. The molecule has 0 aliphatic rings. The molecule has 0 amide bonds. The first-order chi connectivity index (χ1) is 4.06. The molecule has 0 saturated heterocycles. The fourth-order valence-electron chi connectivity index (χ4n) is 0.386. The average Bonchev–Trinajstić information content (AvgIpc) is 1.63. The van der Waals surface area contributed by atoms with Crippen LogP contribution in [0.1, 0.15) is 20.3 Å². The highest BCUT2D eigenvalue weighted by molar-refractivity contribution is 4.62. The molecule has 0 radical (unpaired) electrons. The molecule has 0 aliphatic heterocycles. The molecule has 0 aromatic carbocycles. The van der Waals surface area contributed by atoms with E-state index in [1.54, 1.807) is 13.8 Å². The average molecular weight is 134 g/mol. The van der Waals surface area contributed by atoms with Crippen molar-refractivity contribution >= 4 is 0 Å². The van der Waals surface area contributed by atoms with Crippen molar-refractivity contribution in [3.63, 3.8) is 0 Å². The van der Waals surface area contributed by atoms with Gasteiger partial charge in [0.05, 0.1) is 12.2 Å². The first-order valence-corrected chi connectivity index (χ1v) is 2.97. The van der Waals surface area contributed by atoms with Crippen LogP contribution in [0.15, 0.2) is 0 Å². The second-order valence-corrected chi connectivity index (χ2v) is 2.60. The maximum Gasteiger partial charge on any atom is 0.143 e. The van der Waals surface area contributed by atoms with Crippen molar-refractivity contribution < 1.29 is 14.9 Å². The van der Waals surface area contributed by atoms with Crippen molar-refractivity contribution in [1.82, 2.24) is 0 Å². The van der Waals surface area contributed by atoms with Crippen LogP contribution in [0, 0.1) is 0 Å². The van der Waals surface area contributed by atoms with E-state index in [0.29, 0.717) is 13.0 Å². The maximum atomic E-state index is 9.08. The van der Waals surface area contributed by atoms with E-state index in [-0.39, 0.29) is 6.79 Å². The number of hydrogen-bond acceptors (Lipinski definition) is 3. The molecule has 3 heteroatoms. The molecule has 0 aromatic rings. The van der Waals surface area contributed by atoms with E-state index < -0.39 is 5.60 Å². The summed E-state index contributed by atoms with van der Waals surface area (Å²) in [5.74, 6) is 0. The summed E-state index contributed by atoms with van der Waals surface area (Å²) in [6.45, 7) is 3.54. The maximum absolute atomic E-state index is 9.08. The van der Waals surface area contributed by atoms with Crippen molar-refractivity contribution in [2.45, 2.75) is 25.9 Å². The van der Waals surface area contributed by atoms with Gasteiger partial charge >= 0.3 is 0 Å². The lowest BCUT2D eigenvalue weighted by Gasteiger charge is -2.15. The minimum absolute atomic E-state index is 0.268. The van der Waals surface area contributed by atoms with Crippen molar-refractivity contribution in [1.29, 1.82) is 0 Å². The molecule has 0 saturated carbocycles. The van der Waals surface area contributed by atoms with Gasteiger partial charge in [0.1, 0.15) is 6.79 Å². The summed E-state index contributed by atoms with van der Waals surface area (Å²) in [7, 11) is 0. The summed E-state index contributed by atoms with van der Waals surface area (Å²) < 4.78 is 4.61. The molecule has 0 fully saturated rings. The zero-order valence-corrected chi connectivity index (χ0v) is 5.92. The van der Waals surface area contributed by atoms with Gasteiger partial charge in [-0.2, -0.15) is 0 Å². The van der Waals surface area contributed by atoms with E-state index in [9.17, 15) is 0 Å². The summed E-state index contributed by atoms with van der Waals surface area (Å²) in [6.07, 6.45) is 0.549. The molecule has 0 rings (SSSR count). The summed E-state index contributed by atoms with van der Waals surface area (Å²) in [6, 6.07) is 0. The van der Waals surface area contributed by atoms with Gasteiger partial charge in [-0.1, -0.05) is 0 Å². The third kappa shape index (κ3) is 7.88. The van der Waals surface area contributed by atoms with Gasteiger partial charge in [0, 0.05) is 0 Å². The van der Waals surface area contributed by atoms with Crippen LogP contribution in [0.4, 0.5) is 0 Å². The highest BCUT2D eigenvalue weighted by Gasteiger charge is 2.10. The molecule has 3 nitrogen and oxygen atoms in total. The van der Waals surface area contributed by atoms with Crippen LogP contribution in [0.25, 0.3) is 0 Å². The first-order valence-electron chi connectivity index (χ1n) is 2.97. The first kappa shape index (κ1) is 8.88. The Morgan fingerprint density at radius 3 is 2.33 bits per heavy atom. The largest absolute Gasteiger partial charge is 0.390 e. The molecule has 56 valence electrons. The Bertz CT molecular complexity index is 65.2. The topological polar surface area (TPSA) is 49.7 Å². The number of hydrogen-bond donors (Lipinski definition) is 2. The third-order valence-electron chi connectivity index (χ3n) is 0.949. The van der Waals surface area contributed by atoms with Crippen LogP contribution in [0.3, 0.4) is 0 Å². The SMILES string of the molecule is CC(C)(O)CCOCO. The van der Waals surface area contributed by atoms with E-state index in [2.05, 4.69) is 4.74 Å². The van der Waals surface area contributed by atoms with Crippen molar-refractivity contribution in [3.8, 4) is 0 Å². The lowest BCUT2D eigenvalue weighted by Crippen LogP contribution is -2.20. The predicted molar refractivity (Wildman–Crippen MR) is 34.0 cm³/mol. The minimum atomic E-state index is -0.685. The Hall–Kier alpha value is -0.120. The normalized spacial score (nSPS) is 12.0. The van der Waals surface area contributed by atoms with E-state index >= 15 is 0 Å². The van der Waals surface area contributed by atoms with Crippen LogP contribution in [0.2, 0.25) is 0 Å². The van der Waals surface area contributed by atoms with Crippen molar-refractivity contribution in [3.05, 3.63) is 0 Å². The molecule has 9 heavy (non-hydrogen) atoms. The van der Waals surface area contributed by atoms with Gasteiger partial charge in [0.15, 0.2) is 0 Å². The second-order valence-electron chi connectivity index (χ2n) is 2.60. The van der Waals surface area contributed by atoms with Gasteiger partial charge in [-0.05, 0) is 20.3 Å². The fourth-order valence-corrected chi connectivity index (χ4v) is 0.386. The van der Waals surface area contributed by atoms with E-state index in [1.807, 2.05) is 0 Å². The molecule has 0 aliphatic carbocycles. The third-order valence-corrected chi connectivity index (χ3v) is 0.949. The Kier molecular flexibility index (Phi) is 3.77. The fraction of sp³-hybridized carbons (Fsp3) is 1.00. The Morgan fingerprint density at radius 2 is 2.00 bits per heavy atom. The Labute approximate surface area is 55.3 Å². The Morgan fingerprint density at radius 1 is 1.44 bits per heavy atom. The molecular formula is C6H14O3. The summed E-state index contributed by atoms with van der Waals surface area (Å²) >= 11 is 0. The van der Waals surface area contributed by atoms with Gasteiger partial charge in [-0.3, -0.25) is 0 Å². The lowest BCUT2D eigenvalue weighted by atomic mass is 10.1. The zero-order chi connectivity index (χ0) is 7.33. The number of rotatable bonds is 4.